The van der Waals surface area contributed by atoms with Gasteiger partial charge in [-0.1, -0.05) is 24.3 Å². The molecule has 0 aliphatic carbocycles. The predicted molar refractivity (Wildman–Crippen MR) is 98.0 cm³/mol. The number of primary amides is 1. The summed E-state index contributed by atoms with van der Waals surface area (Å²) in [6, 6.07) is 9.94. The maximum atomic E-state index is 12.6. The van der Waals surface area contributed by atoms with Gasteiger partial charge in [0.15, 0.2) is 0 Å². The maximum absolute atomic E-state index is 12.6. The second-order valence-corrected chi connectivity index (χ2v) is 6.73. The number of nitrogens with two attached hydrogens (primary N) is 1. The lowest BCUT2D eigenvalue weighted by Crippen LogP contribution is -2.45. The summed E-state index contributed by atoms with van der Waals surface area (Å²) in [5, 5.41) is 7.29. The van der Waals surface area contributed by atoms with Crippen molar-refractivity contribution in [3.8, 4) is 0 Å². The third-order valence-corrected chi connectivity index (χ3v) is 4.72. The summed E-state index contributed by atoms with van der Waals surface area (Å²) < 4.78 is 1.86. The molecule has 1 aromatic heterocycles. The molecule has 0 spiro atoms. The van der Waals surface area contributed by atoms with Crippen LogP contribution in [-0.2, 0) is 22.7 Å². The van der Waals surface area contributed by atoms with Gasteiger partial charge < -0.3 is 11.1 Å². The molecule has 3 rings (SSSR count). The van der Waals surface area contributed by atoms with Crippen LogP contribution >= 0.6 is 0 Å². The number of hydrogen-bond acceptors (Lipinski definition) is 4. The van der Waals surface area contributed by atoms with Gasteiger partial charge in [-0.05, 0) is 36.6 Å². The van der Waals surface area contributed by atoms with Crippen LogP contribution in [0, 0.1) is 5.92 Å². The largest absolute Gasteiger partial charge is 0.369 e. The zero-order valence-electron chi connectivity index (χ0n) is 14.8. The Kier molecular flexibility index (Phi) is 6.01. The smallest absolute Gasteiger partial charge is 0.231 e. The Bertz CT molecular complexity index is 744. The van der Waals surface area contributed by atoms with Crippen LogP contribution in [0.5, 0.6) is 0 Å². The summed E-state index contributed by atoms with van der Waals surface area (Å²) in [6.07, 6.45) is 5.42. The summed E-state index contributed by atoms with van der Waals surface area (Å²) in [4.78, 5) is 25.6. The minimum absolute atomic E-state index is 0.0352. The van der Waals surface area contributed by atoms with Crippen LogP contribution in [-0.4, -0.2) is 46.1 Å². The molecule has 1 saturated heterocycles. The molecule has 0 radical (unpaired) electrons. The summed E-state index contributed by atoms with van der Waals surface area (Å²) in [5.74, 6) is -0.409. The van der Waals surface area contributed by atoms with Crippen LogP contribution < -0.4 is 11.1 Å². The Morgan fingerprint density at radius 1 is 1.23 bits per heavy atom. The van der Waals surface area contributed by atoms with Crippen molar-refractivity contribution in [2.75, 3.05) is 19.6 Å². The molecule has 1 aromatic carbocycles. The van der Waals surface area contributed by atoms with Crippen molar-refractivity contribution in [1.29, 1.82) is 0 Å². The number of aromatic nitrogens is 2. The number of carbonyl (C=O) groups excluding carboxylic acids is 2. The second-order valence-electron chi connectivity index (χ2n) is 6.73. The summed E-state index contributed by atoms with van der Waals surface area (Å²) >= 11 is 0. The van der Waals surface area contributed by atoms with Gasteiger partial charge in [0.25, 0.3) is 0 Å². The number of benzene rings is 1. The number of hydrogen-bond donors (Lipinski definition) is 2. The Morgan fingerprint density at radius 2 is 2.04 bits per heavy atom. The van der Waals surface area contributed by atoms with Crippen LogP contribution in [0.2, 0.25) is 0 Å². The number of amides is 2. The van der Waals surface area contributed by atoms with Gasteiger partial charge in [-0.2, -0.15) is 5.10 Å². The standard InChI is InChI=1S/C19H25N5O2/c20-18(25)14-23-9-3-7-17(12-23)19(26)21-11-15-5-1-2-6-16(15)13-24-10-4-8-22-24/h1-2,4-6,8,10,17H,3,7,9,11-14H2,(H2,20,25)(H,21,26)/t17-/m1/s1. The average Bonchev–Trinajstić information content (AvgIpc) is 3.13. The molecule has 2 amide bonds. The number of carbonyl (C=O) groups is 2. The first-order chi connectivity index (χ1) is 12.6. The van der Waals surface area contributed by atoms with E-state index in [0.717, 1.165) is 30.5 Å². The molecule has 0 saturated carbocycles. The molecule has 1 atom stereocenters. The van der Waals surface area contributed by atoms with Crippen LogP contribution in [0.15, 0.2) is 42.7 Å². The van der Waals surface area contributed by atoms with E-state index >= 15 is 0 Å². The fraction of sp³-hybridized carbons (Fsp3) is 0.421. The van der Waals surface area contributed by atoms with Gasteiger partial charge in [-0.15, -0.1) is 0 Å². The molecule has 26 heavy (non-hydrogen) atoms. The number of nitrogens with one attached hydrogen (secondary N) is 1. The molecule has 0 bridgehead atoms. The highest BCUT2D eigenvalue weighted by Crippen LogP contribution is 2.17. The quantitative estimate of drug-likeness (QED) is 0.766. The normalized spacial score (nSPS) is 17.8. The highest BCUT2D eigenvalue weighted by molar-refractivity contribution is 5.79. The molecule has 1 fully saturated rings. The lowest BCUT2D eigenvalue weighted by atomic mass is 9.97. The van der Waals surface area contributed by atoms with E-state index in [2.05, 4.69) is 16.5 Å². The van der Waals surface area contributed by atoms with E-state index < -0.39 is 0 Å². The Balaban J connectivity index is 1.57. The van der Waals surface area contributed by atoms with Crippen LogP contribution in [0.4, 0.5) is 0 Å². The third kappa shape index (κ3) is 4.92. The van der Waals surface area contributed by atoms with Gasteiger partial charge in [0.2, 0.25) is 11.8 Å². The van der Waals surface area contributed by atoms with Crippen molar-refractivity contribution < 1.29 is 9.59 Å². The van der Waals surface area contributed by atoms with E-state index in [1.54, 1.807) is 6.20 Å². The minimum atomic E-state index is -0.349. The van der Waals surface area contributed by atoms with Crippen molar-refractivity contribution in [2.24, 2.45) is 11.7 Å². The monoisotopic (exact) mass is 355 g/mol. The first kappa shape index (κ1) is 18.1. The van der Waals surface area contributed by atoms with Gasteiger partial charge in [0.1, 0.15) is 0 Å². The fourth-order valence-electron chi connectivity index (χ4n) is 3.41. The topological polar surface area (TPSA) is 93.3 Å². The van der Waals surface area contributed by atoms with E-state index in [4.69, 9.17) is 5.73 Å². The zero-order valence-corrected chi connectivity index (χ0v) is 14.8. The van der Waals surface area contributed by atoms with Crippen LogP contribution in [0.3, 0.4) is 0 Å². The van der Waals surface area contributed by atoms with Crippen molar-refractivity contribution in [2.45, 2.75) is 25.9 Å². The molecule has 1 aliphatic rings. The van der Waals surface area contributed by atoms with Crippen molar-refractivity contribution in [1.82, 2.24) is 20.0 Å². The van der Waals surface area contributed by atoms with Crippen LogP contribution in [0.1, 0.15) is 24.0 Å². The maximum Gasteiger partial charge on any atom is 0.231 e. The zero-order chi connectivity index (χ0) is 18.4. The molecule has 2 heterocycles. The number of piperidine rings is 1. The molecule has 7 heteroatoms. The van der Waals surface area contributed by atoms with Crippen molar-refractivity contribution >= 4 is 11.8 Å². The molecular weight excluding hydrogens is 330 g/mol. The molecular formula is C19H25N5O2. The Labute approximate surface area is 153 Å². The number of rotatable bonds is 7. The van der Waals surface area contributed by atoms with E-state index in [9.17, 15) is 9.59 Å². The van der Waals surface area contributed by atoms with Gasteiger partial charge >= 0.3 is 0 Å². The number of likely N-dealkylation sites (tertiary alicyclic amines) is 1. The van der Waals surface area contributed by atoms with E-state index in [0.29, 0.717) is 19.6 Å². The summed E-state index contributed by atoms with van der Waals surface area (Å²) in [6.45, 7) is 2.79. The minimum Gasteiger partial charge on any atom is -0.369 e. The van der Waals surface area contributed by atoms with Crippen molar-refractivity contribution in [3.05, 3.63) is 53.9 Å². The summed E-state index contributed by atoms with van der Waals surface area (Å²) in [5.41, 5.74) is 7.48. The SMILES string of the molecule is NC(=O)CN1CCC[C@@H](C(=O)NCc2ccccc2Cn2cccn2)C1. The molecule has 138 valence electrons. The second kappa shape index (κ2) is 8.62. The van der Waals surface area contributed by atoms with E-state index in [-0.39, 0.29) is 24.3 Å². The highest BCUT2D eigenvalue weighted by Gasteiger charge is 2.26. The predicted octanol–water partition coefficient (Wildman–Crippen LogP) is 0.745. The molecule has 3 N–H and O–H groups in total. The Morgan fingerprint density at radius 3 is 2.77 bits per heavy atom. The van der Waals surface area contributed by atoms with Gasteiger partial charge in [-0.3, -0.25) is 19.2 Å². The van der Waals surface area contributed by atoms with E-state index in [1.807, 2.05) is 40.0 Å². The molecule has 0 unspecified atom stereocenters. The Hall–Kier alpha value is -2.67. The van der Waals surface area contributed by atoms with E-state index in [1.165, 1.54) is 0 Å². The van der Waals surface area contributed by atoms with Crippen molar-refractivity contribution in [3.63, 3.8) is 0 Å². The lowest BCUT2D eigenvalue weighted by molar-refractivity contribution is -0.128. The fourth-order valence-corrected chi connectivity index (χ4v) is 3.41. The highest BCUT2D eigenvalue weighted by atomic mass is 16.2. The average molecular weight is 355 g/mol. The van der Waals surface area contributed by atoms with Gasteiger partial charge in [0.05, 0.1) is 19.0 Å². The molecule has 7 nitrogen and oxygen atoms in total. The van der Waals surface area contributed by atoms with Crippen LogP contribution in [0.25, 0.3) is 0 Å². The lowest BCUT2D eigenvalue weighted by Gasteiger charge is -2.31. The molecule has 1 aliphatic heterocycles. The van der Waals surface area contributed by atoms with Gasteiger partial charge in [0, 0.05) is 25.5 Å². The van der Waals surface area contributed by atoms with Gasteiger partial charge in [-0.25, -0.2) is 0 Å². The first-order valence-electron chi connectivity index (χ1n) is 8.94. The summed E-state index contributed by atoms with van der Waals surface area (Å²) in [7, 11) is 0. The third-order valence-electron chi connectivity index (χ3n) is 4.72. The molecule has 2 aromatic rings. The number of nitrogens with zero attached hydrogens (tertiary/aromatic N) is 3. The first-order valence-corrected chi connectivity index (χ1v) is 8.94.